The third kappa shape index (κ3) is 5.22. The summed E-state index contributed by atoms with van der Waals surface area (Å²) in [6.45, 7) is 0. The van der Waals surface area contributed by atoms with Gasteiger partial charge in [0.2, 0.25) is 0 Å². The lowest BCUT2D eigenvalue weighted by molar-refractivity contribution is -0.384. The summed E-state index contributed by atoms with van der Waals surface area (Å²) >= 11 is 10.5. The number of amidine groups is 1. The number of nitrogens with zero attached hydrogens (tertiary/aromatic N) is 3. The second kappa shape index (κ2) is 9.21. The summed E-state index contributed by atoms with van der Waals surface area (Å²) in [4.78, 5) is 22.8. The van der Waals surface area contributed by atoms with Crippen LogP contribution in [0.1, 0.15) is 11.1 Å². The minimum absolute atomic E-state index is 0.117. The highest BCUT2D eigenvalue weighted by Crippen LogP contribution is 2.30. The molecule has 0 aromatic heterocycles. The normalized spacial score (nSPS) is 16.6. The largest absolute Gasteiger partial charge is 0.496 e. The highest BCUT2D eigenvalue weighted by molar-refractivity contribution is 9.10. The molecule has 0 unspecified atom stereocenters. The molecule has 1 aliphatic heterocycles. The number of hydrogen-bond donors (Lipinski definition) is 1. The maximum atomic E-state index is 12.1. The molecule has 1 saturated heterocycles. The van der Waals surface area contributed by atoms with E-state index in [1.165, 1.54) is 30.5 Å². The molecule has 8 nitrogen and oxygen atoms in total. The summed E-state index contributed by atoms with van der Waals surface area (Å²) in [6.07, 6.45) is 3.01. The van der Waals surface area contributed by atoms with Gasteiger partial charge in [-0.3, -0.25) is 20.2 Å². The van der Waals surface area contributed by atoms with Crippen LogP contribution in [-0.4, -0.2) is 29.3 Å². The first kappa shape index (κ1) is 21.0. The number of carbonyl (C=O) groups is 1. The van der Waals surface area contributed by atoms with Gasteiger partial charge in [-0.15, -0.1) is 5.10 Å². The topological polar surface area (TPSA) is 106 Å². The fourth-order valence-corrected chi connectivity index (χ4v) is 3.78. The van der Waals surface area contributed by atoms with E-state index in [1.54, 1.807) is 13.2 Å². The first-order valence-electron chi connectivity index (χ1n) is 7.97. The van der Waals surface area contributed by atoms with Crippen molar-refractivity contribution in [3.05, 3.63) is 72.0 Å². The lowest BCUT2D eigenvalue weighted by atomic mass is 10.2. The monoisotopic (exact) mass is 494 g/mol. The summed E-state index contributed by atoms with van der Waals surface area (Å²) < 4.78 is 5.94. The van der Waals surface area contributed by atoms with Gasteiger partial charge in [0.1, 0.15) is 5.75 Å². The van der Waals surface area contributed by atoms with E-state index in [-0.39, 0.29) is 10.9 Å². The zero-order valence-corrected chi connectivity index (χ0v) is 17.9. The van der Waals surface area contributed by atoms with E-state index in [0.717, 1.165) is 21.8 Å². The van der Waals surface area contributed by atoms with Crippen LogP contribution in [0.3, 0.4) is 0 Å². The summed E-state index contributed by atoms with van der Waals surface area (Å²) in [6, 6.07) is 9.43. The molecule has 0 saturated carbocycles. The molecule has 1 N–H and O–H groups in total. The highest BCUT2D eigenvalue weighted by Gasteiger charge is 2.24. The number of nitro groups is 1. The fourth-order valence-electron chi connectivity index (χ4n) is 2.28. The molecule has 0 aliphatic carbocycles. The zero-order valence-electron chi connectivity index (χ0n) is 14.8. The Morgan fingerprint density at radius 1 is 1.31 bits per heavy atom. The molecule has 0 bridgehead atoms. The van der Waals surface area contributed by atoms with Crippen molar-refractivity contribution in [2.45, 2.75) is 0 Å². The molecular formula is C18H12BrClN4O4S. The molecule has 11 heteroatoms. The minimum Gasteiger partial charge on any atom is -0.496 e. The van der Waals surface area contributed by atoms with Gasteiger partial charge in [-0.05, 0) is 63.6 Å². The molecule has 1 amide bonds. The summed E-state index contributed by atoms with van der Waals surface area (Å²) in [5, 5.41) is 22.0. The number of benzene rings is 2. The molecule has 1 heterocycles. The fraction of sp³-hybridized carbons (Fsp3) is 0.0556. The molecule has 2 aromatic rings. The van der Waals surface area contributed by atoms with Gasteiger partial charge in [-0.2, -0.15) is 5.10 Å². The van der Waals surface area contributed by atoms with E-state index in [2.05, 4.69) is 31.4 Å². The number of rotatable bonds is 5. The van der Waals surface area contributed by atoms with E-state index >= 15 is 0 Å². The van der Waals surface area contributed by atoms with Gasteiger partial charge in [0.25, 0.3) is 11.6 Å². The summed E-state index contributed by atoms with van der Waals surface area (Å²) in [5.74, 6) is 0.306. The van der Waals surface area contributed by atoms with Crippen molar-refractivity contribution in [3.63, 3.8) is 0 Å². The van der Waals surface area contributed by atoms with Crippen molar-refractivity contribution in [2.24, 2.45) is 10.2 Å². The van der Waals surface area contributed by atoms with Gasteiger partial charge in [0.05, 0.1) is 27.6 Å². The van der Waals surface area contributed by atoms with Crippen LogP contribution in [0.2, 0.25) is 5.02 Å². The number of thioether (sulfide) groups is 1. The zero-order chi connectivity index (χ0) is 21.0. The van der Waals surface area contributed by atoms with E-state index in [9.17, 15) is 14.9 Å². The van der Waals surface area contributed by atoms with Gasteiger partial charge in [-0.25, -0.2) is 0 Å². The van der Waals surface area contributed by atoms with Crippen LogP contribution in [0.4, 0.5) is 5.69 Å². The van der Waals surface area contributed by atoms with E-state index < -0.39 is 10.8 Å². The lowest BCUT2D eigenvalue weighted by Crippen LogP contribution is -2.19. The Balaban J connectivity index is 1.76. The van der Waals surface area contributed by atoms with Gasteiger partial charge < -0.3 is 4.74 Å². The first-order chi connectivity index (χ1) is 13.9. The van der Waals surface area contributed by atoms with Crippen molar-refractivity contribution < 1.29 is 14.5 Å². The molecule has 148 valence electrons. The molecule has 0 radical (unpaired) electrons. The number of hydrogen-bond acceptors (Lipinski definition) is 7. The Kier molecular flexibility index (Phi) is 6.68. The maximum Gasteiger partial charge on any atom is 0.270 e. The molecule has 3 rings (SSSR count). The second-order valence-electron chi connectivity index (χ2n) is 5.57. The van der Waals surface area contributed by atoms with Crippen molar-refractivity contribution in [1.29, 1.82) is 0 Å². The Bertz CT molecular complexity index is 1090. The molecule has 0 spiro atoms. The maximum absolute atomic E-state index is 12.1. The molecule has 1 fully saturated rings. The molecule has 0 atom stereocenters. The Morgan fingerprint density at radius 2 is 2.10 bits per heavy atom. The number of nitrogens with one attached hydrogen (secondary N) is 1. The van der Waals surface area contributed by atoms with Gasteiger partial charge in [0, 0.05) is 22.7 Å². The van der Waals surface area contributed by atoms with Gasteiger partial charge >= 0.3 is 0 Å². The quantitative estimate of drug-likeness (QED) is 0.282. The van der Waals surface area contributed by atoms with Crippen LogP contribution >= 0.6 is 39.3 Å². The SMILES string of the molecule is COc1ccc(C=N/N=C2\NC(=O)C(=Cc3cc([N+](=O)[O-])ccc3Cl)S2)cc1Br. The van der Waals surface area contributed by atoms with Crippen molar-refractivity contribution >= 4 is 68.3 Å². The number of methoxy groups -OCH3 is 1. The minimum atomic E-state index is -0.528. The molecule has 29 heavy (non-hydrogen) atoms. The molecule has 1 aliphatic rings. The smallest absolute Gasteiger partial charge is 0.270 e. The van der Waals surface area contributed by atoms with Gasteiger partial charge in [0.15, 0.2) is 5.17 Å². The third-order valence-corrected chi connectivity index (χ3v) is 5.52. The summed E-state index contributed by atoms with van der Waals surface area (Å²) in [7, 11) is 1.58. The number of ether oxygens (including phenoxy) is 1. The average molecular weight is 496 g/mol. The first-order valence-corrected chi connectivity index (χ1v) is 9.95. The lowest BCUT2D eigenvalue weighted by Gasteiger charge is -2.02. The van der Waals surface area contributed by atoms with Crippen LogP contribution in [0.15, 0.2) is 56.0 Å². The van der Waals surface area contributed by atoms with E-state index in [4.69, 9.17) is 16.3 Å². The van der Waals surface area contributed by atoms with Crippen LogP contribution < -0.4 is 10.1 Å². The number of carbonyl (C=O) groups excluding carboxylic acids is 1. The predicted octanol–water partition coefficient (Wildman–Crippen LogP) is 4.61. The predicted molar refractivity (Wildman–Crippen MR) is 118 cm³/mol. The average Bonchev–Trinajstić information content (AvgIpc) is 3.02. The van der Waals surface area contributed by atoms with E-state index in [0.29, 0.717) is 21.2 Å². The van der Waals surface area contributed by atoms with Crippen LogP contribution in [0.25, 0.3) is 6.08 Å². The Morgan fingerprint density at radius 3 is 2.79 bits per heavy atom. The van der Waals surface area contributed by atoms with Crippen LogP contribution in [0, 0.1) is 10.1 Å². The number of nitro benzene ring substituents is 1. The van der Waals surface area contributed by atoms with Crippen molar-refractivity contribution in [1.82, 2.24) is 5.32 Å². The molecular weight excluding hydrogens is 484 g/mol. The Labute approximate surface area is 183 Å². The highest BCUT2D eigenvalue weighted by atomic mass is 79.9. The summed E-state index contributed by atoms with van der Waals surface area (Å²) in [5.41, 5.74) is 1.04. The van der Waals surface area contributed by atoms with Crippen LogP contribution in [0.5, 0.6) is 5.75 Å². The number of non-ortho nitro benzene ring substituents is 1. The number of halogens is 2. The van der Waals surface area contributed by atoms with Crippen molar-refractivity contribution in [2.75, 3.05) is 7.11 Å². The van der Waals surface area contributed by atoms with Gasteiger partial charge in [-0.1, -0.05) is 11.6 Å². The van der Waals surface area contributed by atoms with Crippen molar-refractivity contribution in [3.8, 4) is 5.75 Å². The standard InChI is InChI=1S/C18H12BrClN4O4S/c1-28-15-5-2-10(6-13(15)19)9-21-23-18-22-17(25)16(29-18)8-11-7-12(24(26)27)3-4-14(11)20/h2-9H,1H3,(H,22,23,25). The second-order valence-corrected chi connectivity index (χ2v) is 7.86. The Hall–Kier alpha value is -2.69. The number of amides is 1. The van der Waals surface area contributed by atoms with E-state index in [1.807, 2.05) is 12.1 Å². The van der Waals surface area contributed by atoms with Crippen LogP contribution in [-0.2, 0) is 4.79 Å². The molecule has 2 aromatic carbocycles. The third-order valence-electron chi connectivity index (χ3n) is 3.66.